The van der Waals surface area contributed by atoms with Crippen molar-refractivity contribution in [3.05, 3.63) is 18.2 Å². The van der Waals surface area contributed by atoms with E-state index in [2.05, 4.69) is 10.3 Å². The summed E-state index contributed by atoms with van der Waals surface area (Å²) in [6, 6.07) is 5.48. The van der Waals surface area contributed by atoms with Gasteiger partial charge in [0.25, 0.3) is 0 Å². The molecule has 1 heterocycles. The topological polar surface area (TPSA) is 68.0 Å². The molecule has 0 spiro atoms. The lowest BCUT2D eigenvalue weighted by Gasteiger charge is -1.91. The van der Waals surface area contributed by atoms with E-state index in [1.807, 2.05) is 12.1 Å². The number of carbonyl (C=O) groups is 1. The molecule has 16 heavy (non-hydrogen) atoms. The Morgan fingerprint density at radius 1 is 1.44 bits per heavy atom. The highest BCUT2D eigenvalue weighted by Gasteiger charge is 2.04. The number of hydrogen-bond donors (Lipinski definition) is 2. The summed E-state index contributed by atoms with van der Waals surface area (Å²) in [4.78, 5) is 15.0. The summed E-state index contributed by atoms with van der Waals surface area (Å²) in [6.07, 6.45) is 0. The Balaban J connectivity index is 0.00000112. The lowest BCUT2D eigenvalue weighted by Crippen LogP contribution is -2.04. The Morgan fingerprint density at radius 3 is 2.75 bits per heavy atom. The number of amides is 1. The highest BCUT2D eigenvalue weighted by Crippen LogP contribution is 2.27. The van der Waals surface area contributed by atoms with E-state index in [4.69, 9.17) is 5.73 Å². The minimum absolute atomic E-state index is 0. The number of nitrogens with zero attached hydrogens (tertiary/aromatic N) is 1. The summed E-state index contributed by atoms with van der Waals surface area (Å²) in [6.45, 7) is 1.46. The third-order valence-electron chi connectivity index (χ3n) is 1.70. The van der Waals surface area contributed by atoms with Gasteiger partial charge < -0.3 is 11.1 Å². The summed E-state index contributed by atoms with van der Waals surface area (Å²) < 4.78 is 0.980. The van der Waals surface area contributed by atoms with E-state index in [9.17, 15) is 4.79 Å². The molecule has 0 aliphatic rings. The SMILES string of the molecule is CC(=O)Nc1nc2ccc(N)cc2s1.Cl.Cl. The van der Waals surface area contributed by atoms with Crippen LogP contribution in [0.4, 0.5) is 10.8 Å². The molecule has 0 unspecified atom stereocenters. The van der Waals surface area contributed by atoms with Crippen LogP contribution < -0.4 is 11.1 Å². The molecule has 0 fully saturated rings. The predicted octanol–water partition coefficient (Wildman–Crippen LogP) is 2.68. The standard InChI is InChI=1S/C9H9N3OS.2ClH/c1-5(13)11-9-12-7-3-2-6(10)4-8(7)14-9;;/h2-4H,10H2,1H3,(H,11,12,13);2*1H. The van der Waals surface area contributed by atoms with E-state index in [0.717, 1.165) is 10.2 Å². The predicted molar refractivity (Wildman–Crippen MR) is 72.8 cm³/mol. The van der Waals surface area contributed by atoms with Crippen molar-refractivity contribution in [1.29, 1.82) is 0 Å². The van der Waals surface area contributed by atoms with Gasteiger partial charge in [-0.25, -0.2) is 4.98 Å². The van der Waals surface area contributed by atoms with Gasteiger partial charge in [-0.05, 0) is 18.2 Å². The fourth-order valence-electron chi connectivity index (χ4n) is 1.15. The molecule has 0 aliphatic carbocycles. The fraction of sp³-hybridized carbons (Fsp3) is 0.111. The van der Waals surface area contributed by atoms with Gasteiger partial charge in [0.1, 0.15) is 0 Å². The van der Waals surface area contributed by atoms with Gasteiger partial charge >= 0.3 is 0 Å². The number of hydrogen-bond acceptors (Lipinski definition) is 4. The van der Waals surface area contributed by atoms with Crippen molar-refractivity contribution in [1.82, 2.24) is 4.98 Å². The van der Waals surface area contributed by atoms with Gasteiger partial charge in [0, 0.05) is 12.6 Å². The largest absolute Gasteiger partial charge is 0.399 e. The van der Waals surface area contributed by atoms with E-state index in [0.29, 0.717) is 10.8 Å². The van der Waals surface area contributed by atoms with E-state index in [-0.39, 0.29) is 30.7 Å². The number of nitrogen functional groups attached to an aromatic ring is 1. The number of nitrogens with two attached hydrogens (primary N) is 1. The molecule has 0 radical (unpaired) electrons. The smallest absolute Gasteiger partial charge is 0.223 e. The zero-order chi connectivity index (χ0) is 10.1. The molecule has 0 bridgehead atoms. The molecular weight excluding hydrogens is 269 g/mol. The normalized spacial score (nSPS) is 9.06. The Bertz CT molecular complexity index is 500. The number of nitrogens with one attached hydrogen (secondary N) is 1. The zero-order valence-corrected chi connectivity index (χ0v) is 10.8. The molecule has 1 amide bonds. The van der Waals surface area contributed by atoms with Gasteiger partial charge in [-0.2, -0.15) is 0 Å². The number of halogens is 2. The van der Waals surface area contributed by atoms with Crippen LogP contribution in [0.1, 0.15) is 6.92 Å². The average molecular weight is 280 g/mol. The second kappa shape index (κ2) is 5.89. The molecule has 3 N–H and O–H groups in total. The molecule has 2 aromatic rings. The molecule has 0 saturated carbocycles. The van der Waals surface area contributed by atoms with Crippen LogP contribution in [0.25, 0.3) is 10.2 Å². The first kappa shape index (κ1) is 15.0. The quantitative estimate of drug-likeness (QED) is 0.789. The molecule has 2 rings (SSSR count). The van der Waals surface area contributed by atoms with Crippen LogP contribution in [-0.4, -0.2) is 10.9 Å². The Morgan fingerprint density at radius 2 is 2.12 bits per heavy atom. The van der Waals surface area contributed by atoms with Crippen molar-refractivity contribution < 1.29 is 4.79 Å². The summed E-state index contributed by atoms with van der Waals surface area (Å²) in [5.41, 5.74) is 7.18. The van der Waals surface area contributed by atoms with Crippen molar-refractivity contribution in [2.45, 2.75) is 6.92 Å². The molecule has 0 atom stereocenters. The molecule has 7 heteroatoms. The first-order chi connectivity index (χ1) is 6.65. The number of thiazole rings is 1. The van der Waals surface area contributed by atoms with Crippen molar-refractivity contribution in [3.63, 3.8) is 0 Å². The maximum absolute atomic E-state index is 10.8. The number of benzene rings is 1. The molecule has 0 saturated heterocycles. The summed E-state index contributed by atoms with van der Waals surface area (Å²) in [5.74, 6) is -0.114. The zero-order valence-electron chi connectivity index (χ0n) is 8.39. The van der Waals surface area contributed by atoms with Gasteiger partial charge in [-0.15, -0.1) is 24.8 Å². The Labute approximate surface area is 109 Å². The third kappa shape index (κ3) is 3.23. The fourth-order valence-corrected chi connectivity index (χ4v) is 2.11. The number of carbonyl (C=O) groups excluding carboxylic acids is 1. The van der Waals surface area contributed by atoms with E-state index in [1.54, 1.807) is 6.07 Å². The number of anilines is 2. The second-order valence-corrected chi connectivity index (χ2v) is 3.96. The molecule has 88 valence electrons. The summed E-state index contributed by atoms with van der Waals surface area (Å²) >= 11 is 1.42. The van der Waals surface area contributed by atoms with Gasteiger partial charge in [-0.3, -0.25) is 4.79 Å². The average Bonchev–Trinajstić information content (AvgIpc) is 2.44. The van der Waals surface area contributed by atoms with Crippen LogP contribution in [-0.2, 0) is 4.79 Å². The lowest BCUT2D eigenvalue weighted by molar-refractivity contribution is -0.114. The number of aromatic nitrogens is 1. The minimum atomic E-state index is -0.114. The molecule has 1 aromatic carbocycles. The first-order valence-corrected chi connectivity index (χ1v) is 4.90. The lowest BCUT2D eigenvalue weighted by atomic mass is 10.3. The van der Waals surface area contributed by atoms with Gasteiger partial charge in [0.2, 0.25) is 5.91 Å². The molecule has 1 aromatic heterocycles. The van der Waals surface area contributed by atoms with Gasteiger partial charge in [-0.1, -0.05) is 11.3 Å². The molecule has 0 aliphatic heterocycles. The van der Waals surface area contributed by atoms with Crippen molar-refractivity contribution in [3.8, 4) is 0 Å². The van der Waals surface area contributed by atoms with Gasteiger partial charge in [0.15, 0.2) is 5.13 Å². The summed E-state index contributed by atoms with van der Waals surface area (Å²) in [5, 5.41) is 3.25. The van der Waals surface area contributed by atoms with Crippen LogP contribution in [0.3, 0.4) is 0 Å². The Kier molecular flexibility index (Phi) is 5.50. The third-order valence-corrected chi connectivity index (χ3v) is 2.63. The van der Waals surface area contributed by atoms with Crippen LogP contribution in [0, 0.1) is 0 Å². The molecular formula is C9H11Cl2N3OS. The summed E-state index contributed by atoms with van der Waals surface area (Å²) in [7, 11) is 0. The second-order valence-electron chi connectivity index (χ2n) is 2.93. The maximum atomic E-state index is 10.8. The first-order valence-electron chi connectivity index (χ1n) is 4.09. The number of rotatable bonds is 1. The van der Waals surface area contributed by atoms with Crippen LogP contribution in [0.15, 0.2) is 18.2 Å². The van der Waals surface area contributed by atoms with E-state index < -0.39 is 0 Å². The van der Waals surface area contributed by atoms with E-state index >= 15 is 0 Å². The van der Waals surface area contributed by atoms with Gasteiger partial charge in [0.05, 0.1) is 10.2 Å². The van der Waals surface area contributed by atoms with E-state index in [1.165, 1.54) is 18.3 Å². The van der Waals surface area contributed by atoms with Crippen molar-refractivity contribution in [2.75, 3.05) is 11.1 Å². The number of fused-ring (bicyclic) bond motifs is 1. The maximum Gasteiger partial charge on any atom is 0.223 e. The molecule has 4 nitrogen and oxygen atoms in total. The highest BCUT2D eigenvalue weighted by atomic mass is 35.5. The van der Waals surface area contributed by atoms with Crippen molar-refractivity contribution in [2.24, 2.45) is 0 Å². The van der Waals surface area contributed by atoms with Crippen LogP contribution in [0.5, 0.6) is 0 Å². The highest BCUT2D eigenvalue weighted by molar-refractivity contribution is 7.22. The minimum Gasteiger partial charge on any atom is -0.399 e. The van der Waals surface area contributed by atoms with Crippen LogP contribution in [0.2, 0.25) is 0 Å². The Hall–Kier alpha value is -1.04. The van der Waals surface area contributed by atoms with Crippen molar-refractivity contribution >= 4 is 63.1 Å². The monoisotopic (exact) mass is 279 g/mol. The van der Waals surface area contributed by atoms with Crippen LogP contribution >= 0.6 is 36.2 Å².